The summed E-state index contributed by atoms with van der Waals surface area (Å²) >= 11 is 4.80. The minimum atomic E-state index is -4.20. The molecule has 0 radical (unpaired) electrons. The van der Waals surface area contributed by atoms with Crippen LogP contribution in [0.1, 0.15) is 24.6 Å². The van der Waals surface area contributed by atoms with Gasteiger partial charge in [-0.2, -0.15) is 13.2 Å². The molecule has 0 aromatic carbocycles. The lowest BCUT2D eigenvalue weighted by Crippen LogP contribution is -2.34. The second kappa shape index (κ2) is 6.81. The zero-order valence-electron chi connectivity index (χ0n) is 10.6. The number of hydrogen-bond donors (Lipinski definition) is 1. The summed E-state index contributed by atoms with van der Waals surface area (Å²) in [6.07, 6.45) is -2.04. The predicted octanol–water partition coefficient (Wildman–Crippen LogP) is 2.49. The van der Waals surface area contributed by atoms with E-state index in [-0.39, 0.29) is 11.5 Å². The zero-order chi connectivity index (χ0) is 14.5. The van der Waals surface area contributed by atoms with E-state index >= 15 is 0 Å². The molecule has 1 rings (SSSR count). The number of nitrogens with zero attached hydrogens (tertiary/aromatic N) is 2. The predicted molar refractivity (Wildman–Crippen MR) is 71.7 cm³/mol. The summed E-state index contributed by atoms with van der Waals surface area (Å²) in [5, 5.41) is 0. The van der Waals surface area contributed by atoms with E-state index in [4.69, 9.17) is 18.0 Å². The normalized spacial score (nSPS) is 11.8. The Morgan fingerprint density at radius 1 is 1.47 bits per heavy atom. The van der Waals surface area contributed by atoms with Gasteiger partial charge in [0.15, 0.2) is 0 Å². The van der Waals surface area contributed by atoms with Crippen molar-refractivity contribution in [3.63, 3.8) is 0 Å². The maximum absolute atomic E-state index is 12.4. The van der Waals surface area contributed by atoms with Gasteiger partial charge in [-0.1, -0.05) is 19.1 Å². The molecular weight excluding hydrogens is 275 g/mol. The van der Waals surface area contributed by atoms with Crippen LogP contribution in [-0.2, 0) is 6.54 Å². The summed E-state index contributed by atoms with van der Waals surface area (Å²) in [4.78, 5) is 5.44. The second-order valence-electron chi connectivity index (χ2n) is 4.24. The first-order valence-corrected chi connectivity index (χ1v) is 6.26. The average molecular weight is 291 g/mol. The van der Waals surface area contributed by atoms with Gasteiger partial charge in [0.1, 0.15) is 4.99 Å². The molecule has 0 bridgehead atoms. The van der Waals surface area contributed by atoms with Crippen LogP contribution in [0.4, 0.5) is 13.2 Å². The molecule has 0 aliphatic heterocycles. The number of rotatable bonds is 6. The zero-order valence-corrected chi connectivity index (χ0v) is 11.4. The molecule has 0 aliphatic carbocycles. The van der Waals surface area contributed by atoms with E-state index in [2.05, 4.69) is 4.98 Å². The largest absolute Gasteiger partial charge is 0.401 e. The summed E-state index contributed by atoms with van der Waals surface area (Å²) in [5.74, 6) is 0. The third-order valence-electron chi connectivity index (χ3n) is 2.43. The lowest BCUT2D eigenvalue weighted by atomic mass is 10.2. The Morgan fingerprint density at radius 2 is 2.16 bits per heavy atom. The molecular formula is C12H16F3N3S. The van der Waals surface area contributed by atoms with Gasteiger partial charge < -0.3 is 5.73 Å². The van der Waals surface area contributed by atoms with Crippen LogP contribution in [0.15, 0.2) is 18.3 Å². The van der Waals surface area contributed by atoms with Crippen molar-refractivity contribution in [1.29, 1.82) is 0 Å². The fourth-order valence-electron chi connectivity index (χ4n) is 1.75. The summed E-state index contributed by atoms with van der Waals surface area (Å²) in [5.41, 5.74) is 6.59. The maximum Gasteiger partial charge on any atom is 0.401 e. The third-order valence-corrected chi connectivity index (χ3v) is 2.63. The van der Waals surface area contributed by atoms with Crippen LogP contribution in [0.2, 0.25) is 0 Å². The molecule has 0 amide bonds. The van der Waals surface area contributed by atoms with Crippen LogP contribution in [0.5, 0.6) is 0 Å². The molecule has 2 N–H and O–H groups in total. The van der Waals surface area contributed by atoms with E-state index in [1.165, 1.54) is 11.1 Å². The standard InChI is InChI=1S/C12H16F3N3S/c1-2-5-18(8-12(13,14)15)7-9-3-4-17-10(6-9)11(16)19/h3-4,6H,2,5,7-8H2,1H3,(H2,16,19). The minimum absolute atomic E-state index is 0.139. The first-order valence-electron chi connectivity index (χ1n) is 5.85. The maximum atomic E-state index is 12.4. The Kier molecular flexibility index (Phi) is 5.68. The lowest BCUT2D eigenvalue weighted by molar-refractivity contribution is -0.147. The molecule has 0 atom stereocenters. The Morgan fingerprint density at radius 3 is 2.68 bits per heavy atom. The molecule has 0 saturated carbocycles. The summed E-state index contributed by atoms with van der Waals surface area (Å²) in [6, 6.07) is 3.29. The molecule has 0 saturated heterocycles. The van der Waals surface area contributed by atoms with Gasteiger partial charge in [0.05, 0.1) is 12.2 Å². The van der Waals surface area contributed by atoms with Crippen LogP contribution in [0.25, 0.3) is 0 Å². The molecule has 7 heteroatoms. The van der Waals surface area contributed by atoms with E-state index in [1.54, 1.807) is 12.1 Å². The van der Waals surface area contributed by atoms with E-state index < -0.39 is 12.7 Å². The fourth-order valence-corrected chi connectivity index (χ4v) is 1.86. The molecule has 0 aliphatic rings. The number of nitrogens with two attached hydrogens (primary N) is 1. The average Bonchev–Trinajstić information content (AvgIpc) is 2.27. The lowest BCUT2D eigenvalue weighted by Gasteiger charge is -2.23. The van der Waals surface area contributed by atoms with Crippen molar-refractivity contribution in [3.8, 4) is 0 Å². The SMILES string of the molecule is CCCN(Cc1ccnc(C(N)=S)c1)CC(F)(F)F. The van der Waals surface area contributed by atoms with Crippen molar-refractivity contribution in [1.82, 2.24) is 9.88 Å². The monoisotopic (exact) mass is 291 g/mol. The molecule has 0 spiro atoms. The number of hydrogen-bond acceptors (Lipinski definition) is 3. The van der Waals surface area contributed by atoms with Gasteiger partial charge in [-0.05, 0) is 30.7 Å². The topological polar surface area (TPSA) is 42.2 Å². The van der Waals surface area contributed by atoms with Gasteiger partial charge in [-0.25, -0.2) is 0 Å². The van der Waals surface area contributed by atoms with Crippen molar-refractivity contribution in [2.24, 2.45) is 5.73 Å². The third kappa shape index (κ3) is 5.98. The first kappa shape index (κ1) is 15.8. The highest BCUT2D eigenvalue weighted by Crippen LogP contribution is 2.18. The first-order chi connectivity index (χ1) is 8.81. The number of thiocarbonyl (C=S) groups is 1. The molecule has 0 fully saturated rings. The van der Waals surface area contributed by atoms with Gasteiger partial charge in [-0.15, -0.1) is 0 Å². The van der Waals surface area contributed by atoms with Crippen molar-refractivity contribution < 1.29 is 13.2 Å². The second-order valence-corrected chi connectivity index (χ2v) is 4.68. The summed E-state index contributed by atoms with van der Waals surface area (Å²) in [7, 11) is 0. The van der Waals surface area contributed by atoms with E-state index in [9.17, 15) is 13.2 Å². The molecule has 1 aromatic heterocycles. The quantitative estimate of drug-likeness (QED) is 0.818. The van der Waals surface area contributed by atoms with Gasteiger partial charge >= 0.3 is 6.18 Å². The Bertz CT molecular complexity index is 434. The van der Waals surface area contributed by atoms with E-state index in [0.717, 1.165) is 5.56 Å². The van der Waals surface area contributed by atoms with Crippen LogP contribution in [-0.4, -0.2) is 34.1 Å². The number of aromatic nitrogens is 1. The van der Waals surface area contributed by atoms with Gasteiger partial charge in [0.25, 0.3) is 0 Å². The molecule has 1 heterocycles. The van der Waals surface area contributed by atoms with E-state index in [0.29, 0.717) is 18.7 Å². The highest BCUT2D eigenvalue weighted by Gasteiger charge is 2.30. The summed E-state index contributed by atoms with van der Waals surface area (Å²) in [6.45, 7) is 1.50. The Labute approximate surface area is 115 Å². The molecule has 1 aromatic rings. The van der Waals surface area contributed by atoms with E-state index in [1.807, 2.05) is 6.92 Å². The summed E-state index contributed by atoms with van der Waals surface area (Å²) < 4.78 is 37.3. The van der Waals surface area contributed by atoms with Crippen LogP contribution in [0.3, 0.4) is 0 Å². The van der Waals surface area contributed by atoms with Crippen LogP contribution >= 0.6 is 12.2 Å². The van der Waals surface area contributed by atoms with Crippen molar-refractivity contribution in [2.45, 2.75) is 26.1 Å². The van der Waals surface area contributed by atoms with Crippen molar-refractivity contribution in [2.75, 3.05) is 13.1 Å². The number of pyridine rings is 1. The number of halogens is 3. The van der Waals surface area contributed by atoms with Crippen molar-refractivity contribution >= 4 is 17.2 Å². The van der Waals surface area contributed by atoms with Gasteiger partial charge in [0.2, 0.25) is 0 Å². The minimum Gasteiger partial charge on any atom is -0.388 e. The van der Waals surface area contributed by atoms with Crippen LogP contribution in [0, 0.1) is 0 Å². The van der Waals surface area contributed by atoms with Crippen molar-refractivity contribution in [3.05, 3.63) is 29.6 Å². The van der Waals surface area contributed by atoms with Crippen LogP contribution < -0.4 is 5.73 Å². The molecule has 0 unspecified atom stereocenters. The smallest absolute Gasteiger partial charge is 0.388 e. The highest BCUT2D eigenvalue weighted by atomic mass is 32.1. The number of alkyl halides is 3. The Balaban J connectivity index is 2.78. The molecule has 106 valence electrons. The Hall–Kier alpha value is -1.21. The molecule has 3 nitrogen and oxygen atoms in total. The highest BCUT2D eigenvalue weighted by molar-refractivity contribution is 7.80. The van der Waals surface area contributed by atoms with Gasteiger partial charge in [-0.3, -0.25) is 9.88 Å². The van der Waals surface area contributed by atoms with Gasteiger partial charge in [0, 0.05) is 12.7 Å². The fraction of sp³-hybridized carbons (Fsp3) is 0.500. The molecule has 19 heavy (non-hydrogen) atoms.